The Hall–Kier alpha value is -0.840. The zero-order valence-corrected chi connectivity index (χ0v) is 12.7. The van der Waals surface area contributed by atoms with Crippen LogP contribution in [0.5, 0.6) is 0 Å². The summed E-state index contributed by atoms with van der Waals surface area (Å²) in [5.41, 5.74) is 3.83. The second kappa shape index (κ2) is 5.65. The summed E-state index contributed by atoms with van der Waals surface area (Å²) in [4.78, 5) is 6.85. The maximum absolute atomic E-state index is 6.20. The first kappa shape index (κ1) is 14.6. The van der Waals surface area contributed by atoms with Gasteiger partial charge in [0, 0.05) is 13.1 Å². The molecule has 0 amide bonds. The lowest BCUT2D eigenvalue weighted by atomic mass is 9.80. The monoisotopic (exact) mass is 282 g/mol. The van der Waals surface area contributed by atoms with E-state index in [0.29, 0.717) is 16.3 Å². The van der Waals surface area contributed by atoms with E-state index < -0.39 is 0 Å². The SMILES string of the molecule is CC(C)(C)C1CCN(Cc2nc(NN)ccc2Cl)C1. The van der Waals surface area contributed by atoms with Gasteiger partial charge >= 0.3 is 0 Å². The van der Waals surface area contributed by atoms with Gasteiger partial charge in [0.2, 0.25) is 0 Å². The predicted molar refractivity (Wildman–Crippen MR) is 79.9 cm³/mol. The van der Waals surface area contributed by atoms with Crippen molar-refractivity contribution in [1.82, 2.24) is 9.88 Å². The molecule has 1 atom stereocenters. The summed E-state index contributed by atoms with van der Waals surface area (Å²) in [6.45, 7) is 9.95. The zero-order valence-electron chi connectivity index (χ0n) is 11.9. The smallest absolute Gasteiger partial charge is 0.140 e. The largest absolute Gasteiger partial charge is 0.308 e. The van der Waals surface area contributed by atoms with Crippen LogP contribution in [0.2, 0.25) is 5.02 Å². The van der Waals surface area contributed by atoms with Gasteiger partial charge in [0.1, 0.15) is 5.82 Å². The number of likely N-dealkylation sites (tertiary alicyclic amines) is 1. The molecule has 1 aromatic heterocycles. The van der Waals surface area contributed by atoms with E-state index in [-0.39, 0.29) is 0 Å². The van der Waals surface area contributed by atoms with Crippen molar-refractivity contribution in [2.24, 2.45) is 17.2 Å². The average Bonchev–Trinajstić information content (AvgIpc) is 2.80. The van der Waals surface area contributed by atoms with Gasteiger partial charge in [-0.2, -0.15) is 0 Å². The Morgan fingerprint density at radius 2 is 2.21 bits per heavy atom. The number of hydrogen-bond donors (Lipinski definition) is 2. The summed E-state index contributed by atoms with van der Waals surface area (Å²) in [5, 5.41) is 0.707. The number of nitrogens with one attached hydrogen (secondary N) is 1. The van der Waals surface area contributed by atoms with Gasteiger partial charge in [-0.3, -0.25) is 4.90 Å². The lowest BCUT2D eigenvalue weighted by Gasteiger charge is -2.27. The Bertz CT molecular complexity index is 442. The number of nitrogens with two attached hydrogens (primary N) is 1. The predicted octanol–water partition coefficient (Wildman–Crippen LogP) is 2.89. The fraction of sp³-hybridized carbons (Fsp3) is 0.643. The summed E-state index contributed by atoms with van der Waals surface area (Å²) >= 11 is 6.20. The van der Waals surface area contributed by atoms with Crippen molar-refractivity contribution < 1.29 is 0 Å². The molecule has 4 nitrogen and oxygen atoms in total. The molecular weight excluding hydrogens is 260 g/mol. The lowest BCUT2D eigenvalue weighted by molar-refractivity contribution is 0.225. The van der Waals surface area contributed by atoms with Crippen LogP contribution in [0.4, 0.5) is 5.82 Å². The molecule has 19 heavy (non-hydrogen) atoms. The Kier molecular flexibility index (Phi) is 4.33. The van der Waals surface area contributed by atoms with Crippen molar-refractivity contribution in [2.75, 3.05) is 18.5 Å². The van der Waals surface area contributed by atoms with Crippen LogP contribution in [0.3, 0.4) is 0 Å². The van der Waals surface area contributed by atoms with Crippen molar-refractivity contribution in [2.45, 2.75) is 33.7 Å². The number of rotatable bonds is 3. The van der Waals surface area contributed by atoms with Crippen molar-refractivity contribution in [3.63, 3.8) is 0 Å². The Labute approximate surface area is 120 Å². The fourth-order valence-corrected chi connectivity index (χ4v) is 2.74. The molecule has 5 heteroatoms. The number of nitrogens with zero attached hydrogens (tertiary/aromatic N) is 2. The highest BCUT2D eigenvalue weighted by Gasteiger charge is 2.31. The second-order valence-corrected chi connectivity index (χ2v) is 6.76. The molecule has 0 saturated carbocycles. The first-order valence-corrected chi connectivity index (χ1v) is 7.12. The van der Waals surface area contributed by atoms with E-state index in [0.717, 1.165) is 31.2 Å². The molecule has 1 aliphatic heterocycles. The Balaban J connectivity index is 2.03. The molecule has 0 aliphatic carbocycles. The van der Waals surface area contributed by atoms with E-state index in [1.165, 1.54) is 6.42 Å². The fourth-order valence-electron chi connectivity index (χ4n) is 2.57. The zero-order chi connectivity index (χ0) is 14.0. The molecule has 1 aromatic rings. The summed E-state index contributed by atoms with van der Waals surface area (Å²) in [6.07, 6.45) is 1.25. The van der Waals surface area contributed by atoms with Crippen LogP contribution in [-0.2, 0) is 6.54 Å². The molecular formula is C14H23ClN4. The number of aromatic nitrogens is 1. The van der Waals surface area contributed by atoms with Crippen LogP contribution < -0.4 is 11.3 Å². The molecule has 1 fully saturated rings. The molecule has 2 heterocycles. The van der Waals surface area contributed by atoms with Crippen molar-refractivity contribution in [3.8, 4) is 0 Å². The number of pyridine rings is 1. The lowest BCUT2D eigenvalue weighted by Crippen LogP contribution is -2.26. The molecule has 1 unspecified atom stereocenters. The third-order valence-corrected chi connectivity index (χ3v) is 4.28. The normalized spacial score (nSPS) is 20.8. The van der Waals surface area contributed by atoms with Gasteiger partial charge in [0.15, 0.2) is 0 Å². The van der Waals surface area contributed by atoms with Crippen molar-refractivity contribution >= 4 is 17.4 Å². The number of halogens is 1. The molecule has 0 radical (unpaired) electrons. The molecule has 1 aliphatic rings. The number of nitrogen functional groups attached to an aromatic ring is 1. The van der Waals surface area contributed by atoms with Crippen LogP contribution >= 0.6 is 11.6 Å². The maximum Gasteiger partial charge on any atom is 0.140 e. The molecule has 0 bridgehead atoms. The molecule has 0 spiro atoms. The molecule has 1 saturated heterocycles. The summed E-state index contributed by atoms with van der Waals surface area (Å²) in [7, 11) is 0. The van der Waals surface area contributed by atoms with Gasteiger partial charge in [-0.05, 0) is 36.4 Å². The molecule has 0 aromatic carbocycles. The summed E-state index contributed by atoms with van der Waals surface area (Å²) < 4.78 is 0. The van der Waals surface area contributed by atoms with Gasteiger partial charge in [-0.1, -0.05) is 32.4 Å². The van der Waals surface area contributed by atoms with Gasteiger partial charge in [-0.25, -0.2) is 10.8 Å². The first-order chi connectivity index (χ1) is 8.90. The highest BCUT2D eigenvalue weighted by Crippen LogP contribution is 2.34. The number of hydrazine groups is 1. The molecule has 106 valence electrons. The van der Waals surface area contributed by atoms with Crippen LogP contribution in [0.15, 0.2) is 12.1 Å². The minimum Gasteiger partial charge on any atom is -0.308 e. The van der Waals surface area contributed by atoms with Gasteiger partial charge < -0.3 is 5.43 Å². The number of anilines is 1. The van der Waals surface area contributed by atoms with E-state index in [1.54, 1.807) is 6.07 Å². The van der Waals surface area contributed by atoms with Crippen LogP contribution in [0.25, 0.3) is 0 Å². The van der Waals surface area contributed by atoms with E-state index >= 15 is 0 Å². The van der Waals surface area contributed by atoms with Gasteiger partial charge in [-0.15, -0.1) is 0 Å². The van der Waals surface area contributed by atoms with Crippen LogP contribution in [-0.4, -0.2) is 23.0 Å². The van der Waals surface area contributed by atoms with Gasteiger partial charge in [0.05, 0.1) is 10.7 Å². The van der Waals surface area contributed by atoms with E-state index in [9.17, 15) is 0 Å². The standard InChI is InChI=1S/C14H23ClN4/c1-14(2,3)10-6-7-19(8-10)9-12-11(15)4-5-13(17-12)18-16/h4-5,10H,6-9,16H2,1-3H3,(H,17,18). The quantitative estimate of drug-likeness (QED) is 0.661. The van der Waals surface area contributed by atoms with Crippen LogP contribution in [0, 0.1) is 11.3 Å². The van der Waals surface area contributed by atoms with E-state index in [1.807, 2.05) is 6.07 Å². The van der Waals surface area contributed by atoms with Crippen LogP contribution in [0.1, 0.15) is 32.9 Å². The highest BCUT2D eigenvalue weighted by molar-refractivity contribution is 6.31. The molecule has 2 rings (SSSR count). The first-order valence-electron chi connectivity index (χ1n) is 6.74. The number of hydrogen-bond acceptors (Lipinski definition) is 4. The molecule has 3 N–H and O–H groups in total. The Morgan fingerprint density at radius 3 is 2.79 bits per heavy atom. The van der Waals surface area contributed by atoms with E-state index in [2.05, 4.69) is 36.1 Å². The third-order valence-electron chi connectivity index (χ3n) is 3.94. The summed E-state index contributed by atoms with van der Waals surface area (Å²) in [6, 6.07) is 3.63. The minimum atomic E-state index is 0.368. The second-order valence-electron chi connectivity index (χ2n) is 6.36. The highest BCUT2D eigenvalue weighted by atomic mass is 35.5. The maximum atomic E-state index is 6.20. The average molecular weight is 283 g/mol. The van der Waals surface area contributed by atoms with Crippen molar-refractivity contribution in [1.29, 1.82) is 0 Å². The van der Waals surface area contributed by atoms with Crippen molar-refractivity contribution in [3.05, 3.63) is 22.8 Å². The third kappa shape index (κ3) is 3.59. The van der Waals surface area contributed by atoms with Gasteiger partial charge in [0.25, 0.3) is 0 Å². The minimum absolute atomic E-state index is 0.368. The van der Waals surface area contributed by atoms with E-state index in [4.69, 9.17) is 17.4 Å². The Morgan fingerprint density at radius 1 is 1.47 bits per heavy atom. The summed E-state index contributed by atoms with van der Waals surface area (Å²) in [5.74, 6) is 6.78. The topological polar surface area (TPSA) is 54.2 Å².